The van der Waals surface area contributed by atoms with Crippen molar-refractivity contribution < 1.29 is 29.0 Å². The predicted molar refractivity (Wildman–Crippen MR) is 157 cm³/mol. The van der Waals surface area contributed by atoms with Gasteiger partial charge in [-0.05, 0) is 57.1 Å². The molecule has 0 bridgehead atoms. The molecule has 0 unspecified atom stereocenters. The molecule has 6 N–H and O–H groups in total. The van der Waals surface area contributed by atoms with Gasteiger partial charge in [-0.25, -0.2) is 4.79 Å². The maximum atomic E-state index is 13.1. The first-order chi connectivity index (χ1) is 19.2. The van der Waals surface area contributed by atoms with Crippen molar-refractivity contribution in [3.8, 4) is 0 Å². The summed E-state index contributed by atoms with van der Waals surface area (Å²) in [5, 5.41) is 18.7. The van der Waals surface area contributed by atoms with Crippen LogP contribution in [-0.2, 0) is 32.0 Å². The maximum absolute atomic E-state index is 13.1. The monoisotopic (exact) mass is 568 g/mol. The third-order valence-electron chi connectivity index (χ3n) is 6.14. The van der Waals surface area contributed by atoms with Crippen molar-refractivity contribution in [2.45, 2.75) is 83.7 Å². The Bertz CT molecular complexity index is 1130. The van der Waals surface area contributed by atoms with E-state index >= 15 is 0 Å². The number of benzene rings is 2. The van der Waals surface area contributed by atoms with Crippen LogP contribution in [0.3, 0.4) is 0 Å². The van der Waals surface area contributed by atoms with Crippen LogP contribution in [0.4, 0.5) is 4.79 Å². The number of hydrogen-bond acceptors (Lipinski definition) is 7. The van der Waals surface area contributed by atoms with Crippen LogP contribution < -0.4 is 21.7 Å². The van der Waals surface area contributed by atoms with Gasteiger partial charge >= 0.3 is 6.09 Å². The Kier molecular flexibility index (Phi) is 13.0. The van der Waals surface area contributed by atoms with Gasteiger partial charge in [-0.1, -0.05) is 74.5 Å². The van der Waals surface area contributed by atoms with Crippen molar-refractivity contribution in [3.05, 3.63) is 71.8 Å². The molecule has 2 aromatic carbocycles. The molecule has 0 radical (unpaired) electrons. The van der Waals surface area contributed by atoms with Crippen molar-refractivity contribution in [2.24, 2.45) is 11.7 Å². The summed E-state index contributed by atoms with van der Waals surface area (Å²) in [5.74, 6) is -2.33. The molecular weight excluding hydrogens is 524 g/mol. The highest BCUT2D eigenvalue weighted by Gasteiger charge is 2.31. The van der Waals surface area contributed by atoms with Crippen LogP contribution in [0.1, 0.15) is 52.2 Å². The Morgan fingerprint density at radius 2 is 1.41 bits per heavy atom. The van der Waals surface area contributed by atoms with Gasteiger partial charge in [0.05, 0.1) is 24.2 Å². The molecule has 0 fully saturated rings. The number of nitrogens with one attached hydrogen (secondary N) is 3. The molecule has 10 heteroatoms. The molecule has 10 nitrogen and oxygen atoms in total. The Morgan fingerprint density at radius 1 is 0.878 bits per heavy atom. The van der Waals surface area contributed by atoms with E-state index in [-0.39, 0.29) is 31.7 Å². The SMILES string of the molecule is CC(C)C[C@H](NC(=O)[C@@H](N)Cc1ccccc1)C(=O)C(=O)NC[C@H](O)[C@H](Cc1ccccc1)NC(=O)OC(C)(C)C. The van der Waals surface area contributed by atoms with Gasteiger partial charge in [-0.15, -0.1) is 0 Å². The molecule has 0 heterocycles. The average Bonchev–Trinajstić information content (AvgIpc) is 2.90. The highest BCUT2D eigenvalue weighted by Crippen LogP contribution is 2.11. The summed E-state index contributed by atoms with van der Waals surface area (Å²) in [6.07, 6.45) is -1.18. The van der Waals surface area contributed by atoms with Crippen LogP contribution >= 0.6 is 0 Å². The highest BCUT2D eigenvalue weighted by molar-refractivity contribution is 6.38. The second-order valence-electron chi connectivity index (χ2n) is 11.6. The van der Waals surface area contributed by atoms with Crippen LogP contribution in [0, 0.1) is 5.92 Å². The number of rotatable bonds is 14. The topological polar surface area (TPSA) is 160 Å². The van der Waals surface area contributed by atoms with Gasteiger partial charge < -0.3 is 31.5 Å². The summed E-state index contributed by atoms with van der Waals surface area (Å²) in [6, 6.07) is 15.7. The van der Waals surface area contributed by atoms with E-state index in [0.29, 0.717) is 0 Å². The lowest BCUT2D eigenvalue weighted by atomic mass is 9.98. The Balaban J connectivity index is 2.04. The molecule has 3 amide bonds. The molecule has 224 valence electrons. The standard InChI is InChI=1S/C31H44N4O6/c1-20(2)16-25(34-28(38)23(32)17-21-12-8-6-9-13-21)27(37)29(39)33-19-26(36)24(18-22-14-10-7-11-15-22)35-30(40)41-31(3,4)5/h6-15,20,23-26,36H,16-19,32H2,1-5H3,(H,33,39)(H,34,38)(H,35,40)/t23-,24-,25-,26-/m0/s1. The zero-order chi connectivity index (χ0) is 30.6. The summed E-state index contributed by atoms with van der Waals surface area (Å²) in [4.78, 5) is 51.1. The van der Waals surface area contributed by atoms with Crippen LogP contribution in [0.2, 0.25) is 0 Å². The summed E-state index contributed by atoms with van der Waals surface area (Å²) in [6.45, 7) is 8.60. The summed E-state index contributed by atoms with van der Waals surface area (Å²) in [7, 11) is 0. The van der Waals surface area contributed by atoms with E-state index in [1.165, 1.54) is 0 Å². The van der Waals surface area contributed by atoms with E-state index in [1.807, 2.05) is 74.5 Å². The lowest BCUT2D eigenvalue weighted by Gasteiger charge is -2.27. The van der Waals surface area contributed by atoms with E-state index in [1.54, 1.807) is 20.8 Å². The Morgan fingerprint density at radius 3 is 1.93 bits per heavy atom. The number of ketones is 1. The largest absolute Gasteiger partial charge is 0.444 e. The van der Waals surface area contributed by atoms with Gasteiger partial charge in [-0.2, -0.15) is 0 Å². The lowest BCUT2D eigenvalue weighted by molar-refractivity contribution is -0.140. The van der Waals surface area contributed by atoms with E-state index < -0.39 is 53.5 Å². The Hall–Kier alpha value is -3.76. The normalized spacial score (nSPS) is 14.3. The molecule has 2 aromatic rings. The quantitative estimate of drug-likeness (QED) is 0.219. The number of carbonyl (C=O) groups is 4. The minimum absolute atomic E-state index is 0.00118. The molecule has 41 heavy (non-hydrogen) atoms. The minimum Gasteiger partial charge on any atom is -0.444 e. The fraction of sp³-hybridized carbons (Fsp3) is 0.484. The first-order valence-corrected chi connectivity index (χ1v) is 13.9. The van der Waals surface area contributed by atoms with Gasteiger partial charge in [0, 0.05) is 6.54 Å². The van der Waals surface area contributed by atoms with Crippen LogP contribution in [0.15, 0.2) is 60.7 Å². The smallest absolute Gasteiger partial charge is 0.407 e. The number of aliphatic hydroxyl groups is 1. The van der Waals surface area contributed by atoms with Crippen molar-refractivity contribution in [2.75, 3.05) is 6.54 Å². The van der Waals surface area contributed by atoms with Crippen molar-refractivity contribution in [1.82, 2.24) is 16.0 Å². The third-order valence-corrected chi connectivity index (χ3v) is 6.14. The second kappa shape index (κ2) is 15.9. The predicted octanol–water partition coefficient (Wildman–Crippen LogP) is 2.27. The number of hydrogen-bond donors (Lipinski definition) is 5. The maximum Gasteiger partial charge on any atom is 0.407 e. The van der Waals surface area contributed by atoms with Gasteiger partial charge in [0.1, 0.15) is 5.60 Å². The minimum atomic E-state index is -1.24. The lowest BCUT2D eigenvalue weighted by Crippen LogP contribution is -2.54. The fourth-order valence-electron chi connectivity index (χ4n) is 4.14. The molecule has 0 spiro atoms. The summed E-state index contributed by atoms with van der Waals surface area (Å²) in [5.41, 5.74) is 7.05. The van der Waals surface area contributed by atoms with Crippen molar-refractivity contribution in [1.29, 1.82) is 0 Å². The molecule has 4 atom stereocenters. The zero-order valence-corrected chi connectivity index (χ0v) is 24.6. The van der Waals surface area contributed by atoms with E-state index in [2.05, 4.69) is 16.0 Å². The third kappa shape index (κ3) is 12.5. The first kappa shape index (κ1) is 33.4. The summed E-state index contributed by atoms with van der Waals surface area (Å²) >= 11 is 0. The first-order valence-electron chi connectivity index (χ1n) is 13.9. The number of alkyl carbamates (subject to hydrolysis) is 1. The van der Waals surface area contributed by atoms with E-state index in [9.17, 15) is 24.3 Å². The van der Waals surface area contributed by atoms with Gasteiger partial charge in [0.15, 0.2) is 0 Å². The van der Waals surface area contributed by atoms with Gasteiger partial charge in [0.25, 0.3) is 5.91 Å². The van der Waals surface area contributed by atoms with Crippen molar-refractivity contribution in [3.63, 3.8) is 0 Å². The molecular formula is C31H44N4O6. The number of nitrogens with two attached hydrogens (primary N) is 1. The fourth-order valence-corrected chi connectivity index (χ4v) is 4.14. The zero-order valence-electron chi connectivity index (χ0n) is 24.6. The molecule has 0 aliphatic carbocycles. The molecule has 0 saturated carbocycles. The number of aliphatic hydroxyl groups excluding tert-OH is 1. The average molecular weight is 569 g/mol. The number of amides is 3. The van der Waals surface area contributed by atoms with Gasteiger partial charge in [-0.3, -0.25) is 14.4 Å². The molecule has 0 aliphatic rings. The van der Waals surface area contributed by atoms with Crippen LogP contribution in [-0.4, -0.2) is 65.2 Å². The number of ether oxygens (including phenoxy) is 1. The van der Waals surface area contributed by atoms with E-state index in [0.717, 1.165) is 11.1 Å². The number of carbonyl (C=O) groups excluding carboxylic acids is 4. The molecule has 2 rings (SSSR count). The summed E-state index contributed by atoms with van der Waals surface area (Å²) < 4.78 is 5.33. The number of Topliss-reactive ketones (excluding diaryl/α,β-unsaturated/α-hetero) is 1. The van der Waals surface area contributed by atoms with E-state index in [4.69, 9.17) is 10.5 Å². The Labute approximate surface area is 242 Å². The van der Waals surface area contributed by atoms with Crippen LogP contribution in [0.25, 0.3) is 0 Å². The molecule has 0 saturated heterocycles. The molecule has 0 aromatic heterocycles. The van der Waals surface area contributed by atoms with Crippen LogP contribution in [0.5, 0.6) is 0 Å². The van der Waals surface area contributed by atoms with Gasteiger partial charge in [0.2, 0.25) is 11.7 Å². The second-order valence-corrected chi connectivity index (χ2v) is 11.6. The highest BCUT2D eigenvalue weighted by atomic mass is 16.6. The van der Waals surface area contributed by atoms with Crippen molar-refractivity contribution >= 4 is 23.7 Å². The molecule has 0 aliphatic heterocycles.